The highest BCUT2D eigenvalue weighted by atomic mass is 16.3. The molecule has 1 aromatic carbocycles. The molecule has 0 heterocycles. The van der Waals surface area contributed by atoms with Crippen LogP contribution in [0.2, 0.25) is 0 Å². The van der Waals surface area contributed by atoms with E-state index < -0.39 is 0 Å². The molecule has 19 heavy (non-hydrogen) atoms. The molecule has 3 nitrogen and oxygen atoms in total. The van der Waals surface area contributed by atoms with Crippen LogP contribution in [0.5, 0.6) is 0 Å². The number of rotatable bonds is 5. The maximum absolute atomic E-state index is 9.52. The molecule has 0 atom stereocenters. The molecule has 0 aliphatic carbocycles. The average molecular weight is 264 g/mol. The van der Waals surface area contributed by atoms with Crippen LogP contribution in [0.15, 0.2) is 24.3 Å². The minimum Gasteiger partial charge on any atom is -0.394 e. The van der Waals surface area contributed by atoms with Gasteiger partial charge in [0.25, 0.3) is 0 Å². The van der Waals surface area contributed by atoms with Crippen molar-refractivity contribution in [3.8, 4) is 0 Å². The molecule has 0 saturated heterocycles. The summed E-state index contributed by atoms with van der Waals surface area (Å²) in [5, 5.41) is 13.0. The van der Waals surface area contributed by atoms with Gasteiger partial charge >= 0.3 is 0 Å². The molecular formula is C16H28N2O. The van der Waals surface area contributed by atoms with Gasteiger partial charge in [-0.1, -0.05) is 18.2 Å². The Hall–Kier alpha value is -1.06. The van der Waals surface area contributed by atoms with E-state index in [-0.39, 0.29) is 17.7 Å². The number of hydrogen-bond donors (Lipinski definition) is 2. The molecule has 0 bridgehead atoms. The van der Waals surface area contributed by atoms with Crippen molar-refractivity contribution in [2.75, 3.05) is 18.6 Å². The lowest BCUT2D eigenvalue weighted by atomic mass is 10.0. The number of nitrogens with one attached hydrogen (secondary N) is 1. The first-order valence-electron chi connectivity index (χ1n) is 6.85. The van der Waals surface area contributed by atoms with Crippen LogP contribution in [0.1, 0.15) is 40.2 Å². The van der Waals surface area contributed by atoms with Crippen LogP contribution in [0.25, 0.3) is 0 Å². The first-order valence-corrected chi connectivity index (χ1v) is 6.85. The molecule has 0 aromatic heterocycles. The summed E-state index contributed by atoms with van der Waals surface area (Å²) >= 11 is 0. The smallest absolute Gasteiger partial charge is 0.0658 e. The molecule has 0 aliphatic heterocycles. The summed E-state index contributed by atoms with van der Waals surface area (Å²) in [5.41, 5.74) is 2.25. The van der Waals surface area contributed by atoms with Gasteiger partial charge in [-0.3, -0.25) is 0 Å². The van der Waals surface area contributed by atoms with Crippen molar-refractivity contribution < 1.29 is 5.11 Å². The Balaban J connectivity index is 2.96. The average Bonchev–Trinajstić information content (AvgIpc) is 2.35. The number of hydrogen-bond acceptors (Lipinski definition) is 3. The summed E-state index contributed by atoms with van der Waals surface area (Å²) in [7, 11) is 2.03. The van der Waals surface area contributed by atoms with Gasteiger partial charge in [-0.25, -0.2) is 0 Å². The van der Waals surface area contributed by atoms with E-state index in [0.29, 0.717) is 0 Å². The normalized spacial score (nSPS) is 12.6. The molecule has 1 rings (SSSR count). The predicted octanol–water partition coefficient (Wildman–Crippen LogP) is 2.78. The highest BCUT2D eigenvalue weighted by Crippen LogP contribution is 2.26. The summed E-state index contributed by atoms with van der Waals surface area (Å²) < 4.78 is 0. The van der Waals surface area contributed by atoms with Crippen molar-refractivity contribution in [1.82, 2.24) is 5.32 Å². The van der Waals surface area contributed by atoms with Crippen molar-refractivity contribution >= 4 is 5.69 Å². The fourth-order valence-corrected chi connectivity index (χ4v) is 1.78. The lowest BCUT2D eigenvalue weighted by molar-refractivity contribution is 0.216. The van der Waals surface area contributed by atoms with E-state index >= 15 is 0 Å². The van der Waals surface area contributed by atoms with Gasteiger partial charge < -0.3 is 15.3 Å². The van der Waals surface area contributed by atoms with Gasteiger partial charge in [0.2, 0.25) is 0 Å². The molecule has 0 amide bonds. The van der Waals surface area contributed by atoms with Crippen LogP contribution in [-0.4, -0.2) is 29.8 Å². The van der Waals surface area contributed by atoms with E-state index in [1.807, 2.05) is 27.0 Å². The Morgan fingerprint density at radius 2 is 1.68 bits per heavy atom. The number of aliphatic hydroxyl groups excluding tert-OH is 1. The van der Waals surface area contributed by atoms with Gasteiger partial charge in [0.15, 0.2) is 0 Å². The molecule has 108 valence electrons. The van der Waals surface area contributed by atoms with Crippen LogP contribution in [-0.2, 0) is 6.54 Å². The molecular weight excluding hydrogens is 236 g/mol. The van der Waals surface area contributed by atoms with E-state index in [2.05, 4.69) is 49.2 Å². The van der Waals surface area contributed by atoms with E-state index in [4.69, 9.17) is 0 Å². The van der Waals surface area contributed by atoms with Gasteiger partial charge in [0, 0.05) is 24.8 Å². The zero-order chi connectivity index (χ0) is 14.7. The number of benzene rings is 1. The van der Waals surface area contributed by atoms with E-state index in [0.717, 1.165) is 6.54 Å². The Bertz CT molecular complexity index is 407. The predicted molar refractivity (Wildman–Crippen MR) is 82.6 cm³/mol. The number of para-hydroxylation sites is 1. The zero-order valence-electron chi connectivity index (χ0n) is 13.1. The number of aliphatic hydroxyl groups is 1. The lowest BCUT2D eigenvalue weighted by Crippen LogP contribution is -2.45. The van der Waals surface area contributed by atoms with Gasteiger partial charge in [0.05, 0.1) is 12.1 Å². The second-order valence-electron chi connectivity index (χ2n) is 6.76. The van der Waals surface area contributed by atoms with Crippen molar-refractivity contribution in [3.63, 3.8) is 0 Å². The lowest BCUT2D eigenvalue weighted by Gasteiger charge is -2.37. The Kier molecular flexibility index (Phi) is 4.99. The summed E-state index contributed by atoms with van der Waals surface area (Å²) in [5.74, 6) is 0. The monoisotopic (exact) mass is 264 g/mol. The fraction of sp³-hybridized carbons (Fsp3) is 0.625. The Labute approximate surface area is 117 Å². The standard InChI is InChI=1S/C16H28N2O/c1-15(2,3)17-11-13-9-7-8-10-14(13)18(6)16(4,5)12-19/h7-10,17,19H,11-12H2,1-6H3. The maximum Gasteiger partial charge on any atom is 0.0658 e. The molecule has 0 aliphatic rings. The van der Waals surface area contributed by atoms with Crippen LogP contribution in [0, 0.1) is 0 Å². The zero-order valence-corrected chi connectivity index (χ0v) is 13.1. The molecule has 0 unspecified atom stereocenters. The summed E-state index contributed by atoms with van der Waals surface area (Å²) in [6.07, 6.45) is 0. The summed E-state index contributed by atoms with van der Waals surface area (Å²) in [6.45, 7) is 11.5. The van der Waals surface area contributed by atoms with Crippen molar-refractivity contribution in [2.24, 2.45) is 0 Å². The van der Waals surface area contributed by atoms with Crippen molar-refractivity contribution in [1.29, 1.82) is 0 Å². The summed E-state index contributed by atoms with van der Waals surface area (Å²) in [4.78, 5) is 2.15. The van der Waals surface area contributed by atoms with Gasteiger partial charge in [0.1, 0.15) is 0 Å². The third kappa shape index (κ3) is 4.51. The highest BCUT2D eigenvalue weighted by Gasteiger charge is 2.24. The van der Waals surface area contributed by atoms with E-state index in [1.165, 1.54) is 11.3 Å². The quantitative estimate of drug-likeness (QED) is 0.858. The van der Waals surface area contributed by atoms with Gasteiger partial charge in [-0.2, -0.15) is 0 Å². The molecule has 1 aromatic rings. The number of nitrogens with zero attached hydrogens (tertiary/aromatic N) is 1. The van der Waals surface area contributed by atoms with Crippen LogP contribution in [0.3, 0.4) is 0 Å². The molecule has 0 radical (unpaired) electrons. The number of anilines is 1. The fourth-order valence-electron chi connectivity index (χ4n) is 1.78. The third-order valence-electron chi connectivity index (χ3n) is 3.46. The minimum absolute atomic E-state index is 0.0954. The Morgan fingerprint density at radius 3 is 2.21 bits per heavy atom. The van der Waals surface area contributed by atoms with Crippen molar-refractivity contribution in [3.05, 3.63) is 29.8 Å². The first-order chi connectivity index (χ1) is 8.67. The Morgan fingerprint density at radius 1 is 1.11 bits per heavy atom. The van der Waals surface area contributed by atoms with Crippen molar-refractivity contribution in [2.45, 2.75) is 52.2 Å². The highest BCUT2D eigenvalue weighted by molar-refractivity contribution is 5.55. The molecule has 0 fully saturated rings. The summed E-state index contributed by atoms with van der Waals surface area (Å²) in [6, 6.07) is 8.35. The maximum atomic E-state index is 9.52. The second kappa shape index (κ2) is 5.93. The topological polar surface area (TPSA) is 35.5 Å². The minimum atomic E-state index is -0.266. The van der Waals surface area contributed by atoms with Gasteiger partial charge in [-0.05, 0) is 46.2 Å². The van der Waals surface area contributed by atoms with E-state index in [1.54, 1.807) is 0 Å². The SMILES string of the molecule is CN(c1ccccc1CNC(C)(C)C)C(C)(C)CO. The molecule has 3 heteroatoms. The first kappa shape index (κ1) is 16.0. The largest absolute Gasteiger partial charge is 0.394 e. The third-order valence-corrected chi connectivity index (χ3v) is 3.46. The van der Waals surface area contributed by atoms with E-state index in [9.17, 15) is 5.11 Å². The number of likely N-dealkylation sites (N-methyl/N-ethyl adjacent to an activating group) is 1. The van der Waals surface area contributed by atoms with Gasteiger partial charge in [-0.15, -0.1) is 0 Å². The molecule has 0 saturated carbocycles. The van der Waals surface area contributed by atoms with Crippen LogP contribution >= 0.6 is 0 Å². The van der Waals surface area contributed by atoms with Crippen LogP contribution in [0.4, 0.5) is 5.69 Å². The molecule has 2 N–H and O–H groups in total. The second-order valence-corrected chi connectivity index (χ2v) is 6.76. The molecule has 0 spiro atoms. The van der Waals surface area contributed by atoms with Crippen LogP contribution < -0.4 is 10.2 Å².